The maximum absolute atomic E-state index is 5.46. The van der Waals surface area contributed by atoms with Crippen LogP contribution in [0.5, 0.6) is 0 Å². The van der Waals surface area contributed by atoms with Crippen molar-refractivity contribution in [3.63, 3.8) is 0 Å². The number of hydrogen-bond donors (Lipinski definition) is 0. The summed E-state index contributed by atoms with van der Waals surface area (Å²) in [6, 6.07) is 59.5. The van der Waals surface area contributed by atoms with Gasteiger partial charge in [-0.2, -0.15) is 0 Å². The molecule has 0 aliphatic rings. The van der Waals surface area contributed by atoms with E-state index in [9.17, 15) is 0 Å². The topological polar surface area (TPSA) is 51.6 Å². The number of fused-ring (bicyclic) bond motifs is 5. The summed E-state index contributed by atoms with van der Waals surface area (Å²) in [5, 5.41) is 3.72. The predicted molar refractivity (Wildman–Crippen MR) is 221 cm³/mol. The van der Waals surface area contributed by atoms with E-state index in [-0.39, 0.29) is 0 Å². The average Bonchev–Trinajstić information content (AvgIpc) is 3.64. The molecule has 0 N–H and O–H groups in total. The monoisotopic (exact) mass is 694 g/mol. The summed E-state index contributed by atoms with van der Waals surface area (Å²) in [6.45, 7) is 0. The van der Waals surface area contributed by atoms with Crippen molar-refractivity contribution >= 4 is 42.4 Å². The summed E-state index contributed by atoms with van der Waals surface area (Å²) in [5.74, 6) is 0. The van der Waals surface area contributed by atoms with Gasteiger partial charge in [0, 0.05) is 44.4 Å². The van der Waals surface area contributed by atoms with Crippen molar-refractivity contribution in [2.75, 3.05) is 0 Å². The van der Waals surface area contributed by atoms with Crippen molar-refractivity contribution < 1.29 is 0 Å². The minimum absolute atomic E-state index is 0.807. The molecule has 4 nitrogen and oxygen atoms in total. The van der Waals surface area contributed by atoms with Gasteiger partial charge in [0.2, 0.25) is 0 Å². The van der Waals surface area contributed by atoms with E-state index >= 15 is 0 Å². The van der Waals surface area contributed by atoms with E-state index in [1.54, 1.807) is 12.4 Å². The largest absolute Gasteiger partial charge is 0.255 e. The van der Waals surface area contributed by atoms with E-state index in [1.165, 1.54) is 25.6 Å². The lowest BCUT2D eigenvalue weighted by Gasteiger charge is -2.13. The van der Waals surface area contributed by atoms with E-state index in [0.717, 1.165) is 72.9 Å². The molecule has 0 radical (unpaired) electrons. The fourth-order valence-corrected chi connectivity index (χ4v) is 8.49. The molecule has 10 rings (SSSR count). The zero-order valence-corrected chi connectivity index (χ0v) is 29.3. The van der Waals surface area contributed by atoms with Crippen LogP contribution >= 0.6 is 11.3 Å². The second-order valence-corrected chi connectivity index (χ2v) is 14.1. The normalized spacial score (nSPS) is 11.4. The summed E-state index contributed by atoms with van der Waals surface area (Å²) >= 11 is 1.82. The lowest BCUT2D eigenvalue weighted by atomic mass is 9.94. The second-order valence-electron chi connectivity index (χ2n) is 13.0. The standard InChI is InChI=1S/C48H30N4S/c1-2-13-31(14-3-1)46-48-45(38-19-4-5-24-44(38)53-48)39-21-12-20-37(47(39)52-46)35-18-11-16-33(28-35)32-15-10-17-34(27-32)36-29-42(40-22-6-8-25-49-40)51-43(30-36)41-23-7-9-26-50-41/h1-30H. The van der Waals surface area contributed by atoms with Gasteiger partial charge in [0.1, 0.15) is 0 Å². The van der Waals surface area contributed by atoms with Gasteiger partial charge >= 0.3 is 0 Å². The molecule has 0 aliphatic carbocycles. The Hall–Kier alpha value is -6.82. The molecule has 0 amide bonds. The van der Waals surface area contributed by atoms with E-state index < -0.39 is 0 Å². The Morgan fingerprint density at radius 1 is 0.377 bits per heavy atom. The van der Waals surface area contributed by atoms with Crippen LogP contribution in [0, 0.1) is 0 Å². The highest BCUT2D eigenvalue weighted by molar-refractivity contribution is 7.26. The molecule has 248 valence electrons. The smallest absolute Gasteiger partial charge is 0.0900 e. The van der Waals surface area contributed by atoms with Crippen LogP contribution < -0.4 is 0 Å². The molecule has 5 aromatic heterocycles. The molecule has 10 aromatic rings. The second kappa shape index (κ2) is 13.1. The van der Waals surface area contributed by atoms with E-state index in [0.29, 0.717) is 0 Å². The van der Waals surface area contributed by atoms with Crippen LogP contribution in [0.3, 0.4) is 0 Å². The molecule has 0 spiro atoms. The number of nitrogens with zero attached hydrogens (tertiary/aromatic N) is 4. The molecule has 5 aromatic carbocycles. The highest BCUT2D eigenvalue weighted by Crippen LogP contribution is 2.44. The summed E-state index contributed by atoms with van der Waals surface area (Å²) in [6.07, 6.45) is 3.60. The van der Waals surface area contributed by atoms with Gasteiger partial charge in [-0.25, -0.2) is 9.97 Å². The Bertz CT molecular complexity index is 2880. The third-order valence-electron chi connectivity index (χ3n) is 9.77. The molecule has 0 saturated heterocycles. The van der Waals surface area contributed by atoms with Crippen molar-refractivity contribution in [2.24, 2.45) is 0 Å². The van der Waals surface area contributed by atoms with Gasteiger partial charge in [0.05, 0.1) is 38.7 Å². The molecule has 5 heterocycles. The maximum atomic E-state index is 5.46. The van der Waals surface area contributed by atoms with Crippen molar-refractivity contribution in [3.05, 3.63) is 182 Å². The van der Waals surface area contributed by atoms with Crippen molar-refractivity contribution in [3.8, 4) is 67.4 Å². The molecule has 53 heavy (non-hydrogen) atoms. The fourth-order valence-electron chi connectivity index (χ4n) is 7.27. The van der Waals surface area contributed by atoms with Gasteiger partial charge in [0.15, 0.2) is 0 Å². The molecule has 0 bridgehead atoms. The van der Waals surface area contributed by atoms with Gasteiger partial charge in [0.25, 0.3) is 0 Å². The quantitative estimate of drug-likeness (QED) is 0.174. The van der Waals surface area contributed by atoms with Crippen LogP contribution in [-0.2, 0) is 0 Å². The first kappa shape index (κ1) is 31.0. The maximum Gasteiger partial charge on any atom is 0.0900 e. The number of thiophene rings is 1. The highest BCUT2D eigenvalue weighted by Gasteiger charge is 2.18. The Kier molecular flexibility index (Phi) is 7.63. The highest BCUT2D eigenvalue weighted by atomic mass is 32.1. The van der Waals surface area contributed by atoms with E-state index in [4.69, 9.17) is 9.97 Å². The minimum Gasteiger partial charge on any atom is -0.255 e. The molecule has 5 heteroatoms. The Morgan fingerprint density at radius 2 is 0.943 bits per heavy atom. The third kappa shape index (κ3) is 5.64. The first-order valence-electron chi connectivity index (χ1n) is 17.6. The first-order chi connectivity index (χ1) is 26.3. The third-order valence-corrected chi connectivity index (χ3v) is 10.9. The van der Waals surface area contributed by atoms with Gasteiger partial charge in [-0.3, -0.25) is 9.97 Å². The number of benzene rings is 5. The number of pyridine rings is 4. The van der Waals surface area contributed by atoms with Gasteiger partial charge in [-0.1, -0.05) is 115 Å². The van der Waals surface area contributed by atoms with E-state index in [2.05, 4.69) is 143 Å². The average molecular weight is 695 g/mol. The van der Waals surface area contributed by atoms with Gasteiger partial charge in [-0.05, 0) is 82.4 Å². The first-order valence-corrected chi connectivity index (χ1v) is 18.4. The molecular weight excluding hydrogens is 665 g/mol. The summed E-state index contributed by atoms with van der Waals surface area (Å²) in [7, 11) is 0. The Balaban J connectivity index is 1.11. The van der Waals surface area contributed by atoms with Crippen LogP contribution in [0.1, 0.15) is 0 Å². The van der Waals surface area contributed by atoms with E-state index in [1.807, 2.05) is 47.7 Å². The molecule has 0 atom stereocenters. The van der Waals surface area contributed by atoms with Crippen LogP contribution in [0.2, 0.25) is 0 Å². The number of aromatic nitrogens is 4. The lowest BCUT2D eigenvalue weighted by molar-refractivity contribution is 1.22. The van der Waals surface area contributed by atoms with Crippen molar-refractivity contribution in [2.45, 2.75) is 0 Å². The zero-order chi connectivity index (χ0) is 35.1. The zero-order valence-electron chi connectivity index (χ0n) is 28.5. The summed E-state index contributed by atoms with van der Waals surface area (Å²) in [4.78, 5) is 19.7. The Labute approximate surface area is 310 Å². The number of rotatable bonds is 6. The van der Waals surface area contributed by atoms with Crippen molar-refractivity contribution in [1.82, 2.24) is 19.9 Å². The van der Waals surface area contributed by atoms with Crippen LogP contribution in [0.4, 0.5) is 0 Å². The fraction of sp³-hybridized carbons (Fsp3) is 0. The molecular formula is C48H30N4S. The van der Waals surface area contributed by atoms with Crippen LogP contribution in [0.15, 0.2) is 182 Å². The molecule has 0 saturated carbocycles. The van der Waals surface area contributed by atoms with Gasteiger partial charge < -0.3 is 0 Å². The minimum atomic E-state index is 0.807. The van der Waals surface area contributed by atoms with Crippen LogP contribution in [0.25, 0.3) is 98.5 Å². The SMILES string of the molecule is c1ccc(-c2nc3c(-c4cccc(-c5cccc(-c6cc(-c7ccccn7)nc(-c7ccccn7)c6)c5)c4)cccc3c3c2sc2ccccc23)cc1. The molecule has 0 unspecified atom stereocenters. The number of hydrogen-bond acceptors (Lipinski definition) is 5. The summed E-state index contributed by atoms with van der Waals surface area (Å²) < 4.78 is 2.50. The molecule has 0 fully saturated rings. The Morgan fingerprint density at radius 3 is 1.64 bits per heavy atom. The number of para-hydroxylation sites is 1. The van der Waals surface area contributed by atoms with Crippen LogP contribution in [-0.4, -0.2) is 19.9 Å². The summed E-state index contributed by atoms with van der Waals surface area (Å²) in [5.41, 5.74) is 13.1. The molecule has 0 aliphatic heterocycles. The van der Waals surface area contributed by atoms with Gasteiger partial charge in [-0.15, -0.1) is 11.3 Å². The lowest BCUT2D eigenvalue weighted by Crippen LogP contribution is -1.94. The predicted octanol–water partition coefficient (Wildman–Crippen LogP) is 12.8. The van der Waals surface area contributed by atoms with Crippen molar-refractivity contribution in [1.29, 1.82) is 0 Å².